The lowest BCUT2D eigenvalue weighted by Gasteiger charge is -2.11. The summed E-state index contributed by atoms with van der Waals surface area (Å²) in [6.07, 6.45) is 6.91. The van der Waals surface area contributed by atoms with Crippen LogP contribution >= 0.6 is 0 Å². The van der Waals surface area contributed by atoms with Gasteiger partial charge in [0.25, 0.3) is 0 Å². The monoisotopic (exact) mass is 1320 g/mol. The second-order valence-corrected chi connectivity index (χ2v) is 21.6. The van der Waals surface area contributed by atoms with Crippen LogP contribution in [0.25, 0.3) is 0 Å². The number of aliphatic hydroxyl groups excluding tert-OH is 2. The molecule has 94 heavy (non-hydrogen) atoms. The van der Waals surface area contributed by atoms with Gasteiger partial charge in [0.2, 0.25) is 0 Å². The number of aliphatic hydroxyl groups is 2. The van der Waals surface area contributed by atoms with Crippen molar-refractivity contribution in [1.82, 2.24) is 0 Å². The predicted octanol–water partition coefficient (Wildman–Crippen LogP) is 19.6. The van der Waals surface area contributed by atoms with Gasteiger partial charge in [-0.2, -0.15) is 0 Å². The Morgan fingerprint density at radius 3 is 0.989 bits per heavy atom. The maximum atomic E-state index is 11.2. The lowest BCUT2D eigenvalue weighted by Crippen LogP contribution is -2.05. The van der Waals surface area contributed by atoms with Crippen molar-refractivity contribution in [2.75, 3.05) is 63.5 Å². The Labute approximate surface area is 566 Å². The van der Waals surface area contributed by atoms with E-state index in [0.717, 1.165) is 47.5 Å². The first-order valence-corrected chi connectivity index (χ1v) is 31.7. The third kappa shape index (κ3) is 49.3. The molecule has 0 saturated carbocycles. The zero-order valence-corrected chi connectivity index (χ0v) is 61.5. The Kier molecular flexibility index (Phi) is 70.1. The van der Waals surface area contributed by atoms with Gasteiger partial charge >= 0.3 is 0 Å². The molecule has 6 aromatic rings. The lowest BCUT2D eigenvalue weighted by atomic mass is 9.95. The molecule has 0 bridgehead atoms. The summed E-state index contributed by atoms with van der Waals surface area (Å²) >= 11 is 0. The van der Waals surface area contributed by atoms with Crippen molar-refractivity contribution in [3.05, 3.63) is 200 Å². The average molecular weight is 1330 g/mol. The van der Waals surface area contributed by atoms with Crippen molar-refractivity contribution in [3.8, 4) is 11.5 Å². The summed E-state index contributed by atoms with van der Waals surface area (Å²) in [4.78, 5) is 41.8. The number of benzene rings is 6. The lowest BCUT2D eigenvalue weighted by molar-refractivity contribution is -0.215. The third-order valence-corrected chi connectivity index (χ3v) is 14.9. The summed E-state index contributed by atoms with van der Waals surface area (Å²) in [5.74, 6) is 5.43. The van der Waals surface area contributed by atoms with E-state index in [-0.39, 0.29) is 18.2 Å². The summed E-state index contributed by atoms with van der Waals surface area (Å²) in [6.45, 7) is 34.2. The Bertz CT molecular complexity index is 2670. The Hall–Kier alpha value is -6.30. The molecule has 6 unspecified atom stereocenters. The van der Waals surface area contributed by atoms with Gasteiger partial charge in [-0.1, -0.05) is 186 Å². The molecule has 18 nitrogen and oxygen atoms in total. The molecule has 0 spiro atoms. The number of carbonyl (C=O) groups excluding carboxylic acids is 2. The highest BCUT2D eigenvalue weighted by atomic mass is 17.1. The van der Waals surface area contributed by atoms with Crippen LogP contribution in [-0.2, 0) is 35.9 Å². The van der Waals surface area contributed by atoms with Gasteiger partial charge in [-0.05, 0) is 188 Å². The number of ether oxygens (including phenoxy) is 2. The molecule has 0 radical (unpaired) electrons. The van der Waals surface area contributed by atoms with E-state index in [4.69, 9.17) is 51.2 Å². The van der Waals surface area contributed by atoms with Gasteiger partial charge in [0.15, 0.2) is 11.6 Å². The summed E-state index contributed by atoms with van der Waals surface area (Å²) in [7, 11) is 10.5. The molecule has 6 aromatic carbocycles. The Morgan fingerprint density at radius 1 is 0.362 bits per heavy atom. The second kappa shape index (κ2) is 66.7. The van der Waals surface area contributed by atoms with Gasteiger partial charge in [0.05, 0.1) is 63.5 Å². The van der Waals surface area contributed by atoms with Crippen LogP contribution in [-0.4, -0.2) is 117 Å². The number of carbonyl (C=O) groups is 2. The van der Waals surface area contributed by atoms with Gasteiger partial charge in [0, 0.05) is 11.1 Å². The molecule has 0 aliphatic rings. The molecular formula is C76H124O18. The highest BCUT2D eigenvalue weighted by molar-refractivity contribution is 5.97. The molecule has 0 fully saturated rings. The summed E-state index contributed by atoms with van der Waals surface area (Å²) in [5.41, 5.74) is 14.5. The zero-order chi connectivity index (χ0) is 73.6. The fraction of sp³-hybridized carbons (Fsp3) is 0.500. The largest absolute Gasteiger partial charge is 0.497 e. The maximum absolute atomic E-state index is 11.2. The molecular weight excluding hydrogens is 1200 g/mol. The van der Waals surface area contributed by atoms with Crippen LogP contribution in [0.1, 0.15) is 240 Å². The molecule has 0 heterocycles. The minimum Gasteiger partial charge on any atom is -0.497 e. The number of aryl methyl sites for hydroxylation is 3. The van der Waals surface area contributed by atoms with Gasteiger partial charge in [-0.25, -0.2) is 29.3 Å². The third-order valence-electron chi connectivity index (χ3n) is 14.9. The smallest absolute Gasteiger partial charge is 0.188 e. The van der Waals surface area contributed by atoms with Crippen LogP contribution in [0.5, 0.6) is 11.5 Å². The fourth-order valence-electron chi connectivity index (χ4n) is 7.80. The quantitative estimate of drug-likeness (QED) is 0.0226. The van der Waals surface area contributed by atoms with E-state index in [1.165, 1.54) is 106 Å². The number of methoxy groups -OCH3 is 2. The maximum Gasteiger partial charge on any atom is 0.188 e. The molecule has 0 aliphatic carbocycles. The molecule has 0 aliphatic heterocycles. The molecule has 0 aromatic heterocycles. The summed E-state index contributed by atoms with van der Waals surface area (Å²) in [6, 6.07) is 45.0. The van der Waals surface area contributed by atoms with Gasteiger partial charge in [-0.3, -0.25) is 41.1 Å². The van der Waals surface area contributed by atoms with Crippen molar-refractivity contribution in [3.63, 3.8) is 0 Å². The van der Waals surface area contributed by atoms with Crippen LogP contribution in [0.2, 0.25) is 0 Å². The number of rotatable bonds is 18. The van der Waals surface area contributed by atoms with Crippen LogP contribution in [0, 0.1) is 20.8 Å². The number of hydrogen-bond donors (Lipinski definition) is 8. The minimum atomic E-state index is -0.413. The molecule has 6 atom stereocenters. The number of Topliss-reactive ketones (excluding diaryl/α,β-unsaturated/α-hetero) is 2. The van der Waals surface area contributed by atoms with E-state index >= 15 is 0 Å². The van der Waals surface area contributed by atoms with Gasteiger partial charge in [-0.15, -0.1) is 0 Å². The van der Waals surface area contributed by atoms with Crippen molar-refractivity contribution in [2.24, 2.45) is 0 Å². The minimum absolute atomic E-state index is 0.143. The zero-order valence-electron chi connectivity index (χ0n) is 61.5. The van der Waals surface area contributed by atoms with Gasteiger partial charge < -0.3 is 19.7 Å². The molecule has 6 rings (SSSR count). The first kappa shape index (κ1) is 98.8. The predicted molar refractivity (Wildman–Crippen MR) is 383 cm³/mol. The first-order chi connectivity index (χ1) is 44.7. The van der Waals surface area contributed by atoms with E-state index in [2.05, 4.69) is 200 Å². The molecule has 536 valence electrons. The molecule has 18 heteroatoms. The topological polar surface area (TPSA) is 270 Å². The highest BCUT2D eigenvalue weighted by Gasteiger charge is 2.10. The van der Waals surface area contributed by atoms with E-state index in [9.17, 15) is 9.59 Å². The highest BCUT2D eigenvalue weighted by Crippen LogP contribution is 2.27. The standard InChI is InChI=1S/C12H16O2.C12H18O.C12H16O.C12H18.2C11H16O.6CH4O2/c1-3-9(2)10-5-4-6-11(7-10)12(14)8-13;1-5-9(2)11-6-7-12(13-4)10(3)8-11;1-4-9(2)11-6-5-7-12(8-11)10(3)13;1-5-9(2)12-7-6-10(3)11(4)8-12;1-4-9(2)10-5-7-11(12-3)8-6-10;1-3-9(2)11-6-4-5-10(7-11)8-12;6*1-3-2/h4-7,9,13H,3,8H2,1-2H3;6-9H,5H2,1-4H3;5-9H,4H2,1-3H3;6-9H,5H2,1-4H3;5-9H,4H2,1-3H3;4-7,9,12H,3,8H2,1-2H3;6*2H,1H3. The first-order valence-electron chi connectivity index (χ1n) is 31.7. The second-order valence-electron chi connectivity index (χ2n) is 21.6. The van der Waals surface area contributed by atoms with Crippen LogP contribution in [0.3, 0.4) is 0 Å². The summed E-state index contributed by atoms with van der Waals surface area (Å²) < 4.78 is 10.3. The molecule has 8 N–H and O–H groups in total. The average Bonchev–Trinajstić information content (AvgIpc) is 1.07. The van der Waals surface area contributed by atoms with Gasteiger partial charge in [0.1, 0.15) is 18.1 Å². The van der Waals surface area contributed by atoms with E-state index in [1.807, 2.05) is 60.7 Å². The van der Waals surface area contributed by atoms with E-state index in [1.54, 1.807) is 27.2 Å². The molecule has 0 saturated heterocycles. The van der Waals surface area contributed by atoms with Crippen molar-refractivity contribution in [1.29, 1.82) is 0 Å². The van der Waals surface area contributed by atoms with E-state index in [0.29, 0.717) is 41.1 Å². The fourth-order valence-corrected chi connectivity index (χ4v) is 7.80. The number of ketones is 2. The summed E-state index contributed by atoms with van der Waals surface area (Å²) in [5, 5.41) is 60.1. The normalized spacial score (nSPS) is 11.4. The number of hydrogen-bond acceptors (Lipinski definition) is 18. The Morgan fingerprint density at radius 2 is 0.670 bits per heavy atom. The Balaban J connectivity index is -0.000000235. The SMILES string of the molecule is CCC(C)c1ccc(C)c(C)c1.CCC(C)c1ccc(OC)c(C)c1.CCC(C)c1ccc(OC)cc1.CCC(C)c1cccc(C(=O)CO)c1.CCC(C)c1cccc(C(C)=O)c1.CCC(C)c1cccc(CO)c1.COO.COO.COO.COO.COO.COO. The van der Waals surface area contributed by atoms with Crippen LogP contribution in [0.15, 0.2) is 133 Å². The van der Waals surface area contributed by atoms with Crippen LogP contribution < -0.4 is 9.47 Å². The van der Waals surface area contributed by atoms with Crippen molar-refractivity contribution < 1.29 is 90.1 Å². The van der Waals surface area contributed by atoms with Crippen molar-refractivity contribution in [2.45, 2.75) is 191 Å². The van der Waals surface area contributed by atoms with Crippen molar-refractivity contribution >= 4 is 11.6 Å². The van der Waals surface area contributed by atoms with E-state index < -0.39 is 6.61 Å². The van der Waals surface area contributed by atoms with Crippen LogP contribution in [0.4, 0.5) is 0 Å². The molecule has 0 amide bonds.